The third kappa shape index (κ3) is 2.64. The molecule has 1 saturated heterocycles. The minimum Gasteiger partial charge on any atom is -0.329 e. The molecule has 0 bridgehead atoms. The third-order valence-electron chi connectivity index (χ3n) is 5.27. The zero-order valence-electron chi connectivity index (χ0n) is 12.9. The van der Waals surface area contributed by atoms with Gasteiger partial charge < -0.3 is 5.73 Å². The molecule has 1 aromatic rings. The molecular weight excluding hydrogens is 244 g/mol. The monoisotopic (exact) mass is 272 g/mol. The fourth-order valence-electron chi connectivity index (χ4n) is 3.91. The Bertz CT molecular complexity index is 435. The van der Waals surface area contributed by atoms with Gasteiger partial charge in [0.05, 0.1) is 0 Å². The van der Waals surface area contributed by atoms with E-state index in [-0.39, 0.29) is 0 Å². The molecule has 0 spiro atoms. The van der Waals surface area contributed by atoms with E-state index >= 15 is 0 Å². The van der Waals surface area contributed by atoms with E-state index in [9.17, 15) is 0 Å². The highest BCUT2D eigenvalue weighted by molar-refractivity contribution is 5.30. The maximum Gasteiger partial charge on any atom is 0.0476 e. The minimum absolute atomic E-state index is 0.394. The second-order valence-electron chi connectivity index (χ2n) is 6.63. The topological polar surface area (TPSA) is 29.3 Å². The van der Waals surface area contributed by atoms with Gasteiger partial charge in [-0.1, -0.05) is 31.2 Å². The van der Waals surface area contributed by atoms with Gasteiger partial charge in [-0.15, -0.1) is 0 Å². The second kappa shape index (κ2) is 5.87. The Balaban J connectivity index is 1.80. The summed E-state index contributed by atoms with van der Waals surface area (Å²) >= 11 is 0. The first-order chi connectivity index (χ1) is 9.74. The van der Waals surface area contributed by atoms with Crippen molar-refractivity contribution >= 4 is 0 Å². The Labute approximate surface area is 123 Å². The summed E-state index contributed by atoms with van der Waals surface area (Å²) in [4.78, 5) is 2.67. The van der Waals surface area contributed by atoms with Gasteiger partial charge in [0, 0.05) is 24.7 Å². The molecular formula is C18H28N2. The molecule has 2 aliphatic rings. The fourth-order valence-corrected chi connectivity index (χ4v) is 3.91. The Morgan fingerprint density at radius 1 is 1.15 bits per heavy atom. The summed E-state index contributed by atoms with van der Waals surface area (Å²) in [5.74, 6) is 0.842. The SMILES string of the molecule is CCC1CCC(C)N1C(CN)c1ccc(C2CC2)cc1. The van der Waals surface area contributed by atoms with Crippen LogP contribution in [0.5, 0.6) is 0 Å². The number of rotatable bonds is 5. The maximum absolute atomic E-state index is 6.13. The van der Waals surface area contributed by atoms with Crippen molar-refractivity contribution in [1.82, 2.24) is 4.90 Å². The summed E-state index contributed by atoms with van der Waals surface area (Å²) in [6.45, 7) is 5.39. The first kappa shape index (κ1) is 14.1. The molecule has 1 aromatic carbocycles. The second-order valence-corrected chi connectivity index (χ2v) is 6.63. The predicted octanol–water partition coefficient (Wildman–Crippen LogP) is 3.83. The van der Waals surface area contributed by atoms with Gasteiger partial charge in [0.1, 0.15) is 0 Å². The number of benzene rings is 1. The third-order valence-corrected chi connectivity index (χ3v) is 5.27. The van der Waals surface area contributed by atoms with E-state index in [0.717, 1.165) is 12.5 Å². The Morgan fingerprint density at radius 3 is 2.40 bits per heavy atom. The molecule has 3 unspecified atom stereocenters. The summed E-state index contributed by atoms with van der Waals surface area (Å²) in [5, 5.41) is 0. The summed E-state index contributed by atoms with van der Waals surface area (Å²) in [6, 6.07) is 11.1. The van der Waals surface area contributed by atoms with Crippen LogP contribution in [-0.4, -0.2) is 23.5 Å². The first-order valence-corrected chi connectivity index (χ1v) is 8.32. The quantitative estimate of drug-likeness (QED) is 0.882. The van der Waals surface area contributed by atoms with E-state index in [0.29, 0.717) is 18.1 Å². The van der Waals surface area contributed by atoms with Gasteiger partial charge in [-0.05, 0) is 56.1 Å². The van der Waals surface area contributed by atoms with Crippen LogP contribution >= 0.6 is 0 Å². The molecule has 3 atom stereocenters. The minimum atomic E-state index is 0.394. The maximum atomic E-state index is 6.13. The fraction of sp³-hybridized carbons (Fsp3) is 0.667. The van der Waals surface area contributed by atoms with Crippen molar-refractivity contribution in [1.29, 1.82) is 0 Å². The molecule has 2 heteroatoms. The number of likely N-dealkylation sites (tertiary alicyclic amines) is 1. The molecule has 1 aliphatic carbocycles. The molecule has 2 N–H and O–H groups in total. The van der Waals surface area contributed by atoms with E-state index < -0.39 is 0 Å². The molecule has 0 radical (unpaired) electrons. The van der Waals surface area contributed by atoms with Crippen LogP contribution in [0.2, 0.25) is 0 Å². The lowest BCUT2D eigenvalue weighted by Gasteiger charge is -2.35. The van der Waals surface area contributed by atoms with Crippen LogP contribution < -0.4 is 5.73 Å². The van der Waals surface area contributed by atoms with Crippen LogP contribution in [0.25, 0.3) is 0 Å². The van der Waals surface area contributed by atoms with Gasteiger partial charge in [-0.25, -0.2) is 0 Å². The molecule has 1 aliphatic heterocycles. The largest absolute Gasteiger partial charge is 0.329 e. The lowest BCUT2D eigenvalue weighted by Crippen LogP contribution is -2.41. The van der Waals surface area contributed by atoms with Crippen molar-refractivity contribution in [2.45, 2.75) is 70.0 Å². The molecule has 2 nitrogen and oxygen atoms in total. The highest BCUT2D eigenvalue weighted by Gasteiger charge is 2.35. The molecule has 0 aromatic heterocycles. The van der Waals surface area contributed by atoms with Crippen LogP contribution in [0.1, 0.15) is 69.0 Å². The summed E-state index contributed by atoms with van der Waals surface area (Å²) < 4.78 is 0. The Kier molecular flexibility index (Phi) is 4.13. The van der Waals surface area contributed by atoms with E-state index in [1.54, 1.807) is 0 Å². The van der Waals surface area contributed by atoms with Gasteiger partial charge in [0.2, 0.25) is 0 Å². The number of nitrogens with zero attached hydrogens (tertiary/aromatic N) is 1. The molecule has 2 fully saturated rings. The van der Waals surface area contributed by atoms with Crippen LogP contribution in [0.15, 0.2) is 24.3 Å². The lowest BCUT2D eigenvalue weighted by atomic mass is 10.00. The number of hydrogen-bond acceptors (Lipinski definition) is 2. The zero-order valence-corrected chi connectivity index (χ0v) is 12.9. The molecule has 1 saturated carbocycles. The number of hydrogen-bond donors (Lipinski definition) is 1. The number of nitrogens with two attached hydrogens (primary N) is 1. The first-order valence-electron chi connectivity index (χ1n) is 8.32. The van der Waals surface area contributed by atoms with Crippen molar-refractivity contribution < 1.29 is 0 Å². The Morgan fingerprint density at radius 2 is 1.85 bits per heavy atom. The normalized spacial score (nSPS) is 28.8. The highest BCUT2D eigenvalue weighted by atomic mass is 15.2. The average molecular weight is 272 g/mol. The summed E-state index contributed by atoms with van der Waals surface area (Å²) in [7, 11) is 0. The van der Waals surface area contributed by atoms with Crippen molar-refractivity contribution in [3.05, 3.63) is 35.4 Å². The van der Waals surface area contributed by atoms with Crippen molar-refractivity contribution in [2.75, 3.05) is 6.54 Å². The predicted molar refractivity (Wildman–Crippen MR) is 84.8 cm³/mol. The standard InChI is InChI=1S/C18H28N2/c1-3-17-11-4-13(2)20(17)18(12-19)16-9-7-15(8-10-16)14-5-6-14/h7-10,13-14,17-18H,3-6,11-12,19H2,1-2H3. The molecule has 20 heavy (non-hydrogen) atoms. The van der Waals surface area contributed by atoms with Gasteiger partial charge in [0.25, 0.3) is 0 Å². The van der Waals surface area contributed by atoms with Crippen LogP contribution in [0.4, 0.5) is 0 Å². The van der Waals surface area contributed by atoms with E-state index in [1.165, 1.54) is 43.2 Å². The van der Waals surface area contributed by atoms with Crippen LogP contribution in [0, 0.1) is 0 Å². The van der Waals surface area contributed by atoms with Crippen molar-refractivity contribution in [2.24, 2.45) is 5.73 Å². The van der Waals surface area contributed by atoms with E-state index in [2.05, 4.69) is 43.0 Å². The molecule has 1 heterocycles. The van der Waals surface area contributed by atoms with E-state index in [4.69, 9.17) is 5.73 Å². The molecule has 3 rings (SSSR count). The zero-order chi connectivity index (χ0) is 14.1. The summed E-state index contributed by atoms with van der Waals surface area (Å²) in [6.07, 6.45) is 6.63. The van der Waals surface area contributed by atoms with Gasteiger partial charge in [-0.3, -0.25) is 4.90 Å². The smallest absolute Gasteiger partial charge is 0.0476 e. The molecule has 0 amide bonds. The highest BCUT2D eigenvalue weighted by Crippen LogP contribution is 2.41. The van der Waals surface area contributed by atoms with E-state index in [1.807, 2.05) is 0 Å². The van der Waals surface area contributed by atoms with Gasteiger partial charge in [0.15, 0.2) is 0 Å². The lowest BCUT2D eigenvalue weighted by molar-refractivity contribution is 0.137. The van der Waals surface area contributed by atoms with Crippen LogP contribution in [0.3, 0.4) is 0 Å². The molecule has 110 valence electrons. The summed E-state index contributed by atoms with van der Waals surface area (Å²) in [5.41, 5.74) is 9.06. The van der Waals surface area contributed by atoms with Gasteiger partial charge >= 0.3 is 0 Å². The van der Waals surface area contributed by atoms with Crippen LogP contribution in [-0.2, 0) is 0 Å². The average Bonchev–Trinajstić information content (AvgIpc) is 3.26. The Hall–Kier alpha value is -0.860. The van der Waals surface area contributed by atoms with Gasteiger partial charge in [-0.2, -0.15) is 0 Å². The van der Waals surface area contributed by atoms with Crippen molar-refractivity contribution in [3.8, 4) is 0 Å². The van der Waals surface area contributed by atoms with Crippen molar-refractivity contribution in [3.63, 3.8) is 0 Å².